The van der Waals surface area contributed by atoms with Crippen molar-refractivity contribution < 1.29 is 5.21 Å². The molecule has 2 heteroatoms. The first-order valence-corrected chi connectivity index (χ1v) is 4.08. The van der Waals surface area contributed by atoms with Gasteiger partial charge in [0.05, 0.1) is 5.71 Å². The molecule has 0 aromatic heterocycles. The highest BCUT2D eigenvalue weighted by molar-refractivity contribution is 6.00. The first-order valence-electron chi connectivity index (χ1n) is 4.08. The van der Waals surface area contributed by atoms with Crippen LogP contribution >= 0.6 is 0 Å². The van der Waals surface area contributed by atoms with Gasteiger partial charge >= 0.3 is 0 Å². The molecule has 0 saturated heterocycles. The van der Waals surface area contributed by atoms with Crippen molar-refractivity contribution in [3.63, 3.8) is 0 Å². The number of oxime groups is 1. The number of nitrogens with zero attached hydrogens (tertiary/aromatic N) is 1. The molecule has 0 aliphatic carbocycles. The summed E-state index contributed by atoms with van der Waals surface area (Å²) in [4.78, 5) is 0. The lowest BCUT2D eigenvalue weighted by atomic mass is 10.1. The normalized spacial score (nSPS) is 10.8. The largest absolute Gasteiger partial charge is 0.411 e. The number of rotatable bonds is 3. The highest BCUT2D eigenvalue weighted by Crippen LogP contribution is 2.05. The monoisotopic (exact) mass is 173 g/mol. The van der Waals surface area contributed by atoms with Crippen LogP contribution in [-0.4, -0.2) is 10.9 Å². The fourth-order valence-corrected chi connectivity index (χ4v) is 1.07. The van der Waals surface area contributed by atoms with E-state index in [1.807, 2.05) is 30.3 Å². The smallest absolute Gasteiger partial charge is 0.0877 e. The second-order valence-corrected chi connectivity index (χ2v) is 2.62. The molecule has 1 aromatic rings. The lowest BCUT2D eigenvalue weighted by molar-refractivity contribution is 0.318. The van der Waals surface area contributed by atoms with Gasteiger partial charge in [-0.05, 0) is 5.56 Å². The van der Waals surface area contributed by atoms with Gasteiger partial charge in [-0.1, -0.05) is 35.5 Å². The average molecular weight is 173 g/mol. The molecular formula is C11H11NO. The quantitative estimate of drug-likeness (QED) is 0.323. The number of terminal acetylenes is 1. The third-order valence-electron chi connectivity index (χ3n) is 1.73. The van der Waals surface area contributed by atoms with E-state index in [9.17, 15) is 0 Å². The van der Waals surface area contributed by atoms with Gasteiger partial charge < -0.3 is 5.21 Å². The summed E-state index contributed by atoms with van der Waals surface area (Å²) in [6, 6.07) is 9.50. The van der Waals surface area contributed by atoms with Gasteiger partial charge in [-0.15, -0.1) is 12.3 Å². The van der Waals surface area contributed by atoms with Crippen LogP contribution < -0.4 is 0 Å². The van der Waals surface area contributed by atoms with Crippen molar-refractivity contribution in [3.8, 4) is 12.3 Å². The van der Waals surface area contributed by atoms with E-state index in [1.54, 1.807) is 0 Å². The molecule has 0 saturated carbocycles. The lowest BCUT2D eigenvalue weighted by Crippen LogP contribution is -1.99. The summed E-state index contributed by atoms with van der Waals surface area (Å²) in [6.45, 7) is 0. The zero-order valence-corrected chi connectivity index (χ0v) is 7.27. The number of benzene rings is 1. The summed E-state index contributed by atoms with van der Waals surface area (Å²) in [6.07, 6.45) is 6.32. The minimum atomic E-state index is 0.592. The molecule has 1 aromatic carbocycles. The van der Waals surface area contributed by atoms with Crippen molar-refractivity contribution in [3.05, 3.63) is 35.9 Å². The lowest BCUT2D eigenvalue weighted by Gasteiger charge is -2.00. The van der Waals surface area contributed by atoms with E-state index < -0.39 is 0 Å². The standard InChI is InChI=1S/C11H11NO/c1-2-3-9-11(12-13)10-7-5-4-6-8-10/h1,4-8,13H,3,9H2. The van der Waals surface area contributed by atoms with Crippen molar-refractivity contribution in [1.29, 1.82) is 0 Å². The highest BCUT2D eigenvalue weighted by atomic mass is 16.4. The van der Waals surface area contributed by atoms with Crippen LogP contribution in [0.3, 0.4) is 0 Å². The van der Waals surface area contributed by atoms with Crippen molar-refractivity contribution in [2.24, 2.45) is 5.16 Å². The van der Waals surface area contributed by atoms with Gasteiger partial charge in [0.1, 0.15) is 0 Å². The molecule has 0 aliphatic rings. The predicted octanol–water partition coefficient (Wildman–Crippen LogP) is 2.28. The number of hydrogen-bond acceptors (Lipinski definition) is 2. The third kappa shape index (κ3) is 2.64. The maximum Gasteiger partial charge on any atom is 0.0877 e. The van der Waals surface area contributed by atoms with Crippen molar-refractivity contribution in [1.82, 2.24) is 0 Å². The van der Waals surface area contributed by atoms with E-state index in [-0.39, 0.29) is 0 Å². The molecule has 0 amide bonds. The van der Waals surface area contributed by atoms with E-state index >= 15 is 0 Å². The molecule has 0 heterocycles. The van der Waals surface area contributed by atoms with Gasteiger partial charge in [0.25, 0.3) is 0 Å². The molecule has 0 radical (unpaired) electrons. The van der Waals surface area contributed by atoms with E-state index in [0.717, 1.165) is 5.56 Å². The molecule has 0 bridgehead atoms. The zero-order valence-electron chi connectivity index (χ0n) is 7.27. The van der Waals surface area contributed by atoms with Crippen LogP contribution in [0.4, 0.5) is 0 Å². The molecule has 2 nitrogen and oxygen atoms in total. The minimum Gasteiger partial charge on any atom is -0.411 e. The first-order chi connectivity index (χ1) is 6.38. The maximum atomic E-state index is 8.73. The molecule has 0 fully saturated rings. The Morgan fingerprint density at radius 2 is 2.08 bits per heavy atom. The summed E-state index contributed by atoms with van der Waals surface area (Å²) in [7, 11) is 0. The van der Waals surface area contributed by atoms with Crippen LogP contribution in [0.2, 0.25) is 0 Å². The summed E-state index contributed by atoms with van der Waals surface area (Å²) in [5.41, 5.74) is 1.55. The first kappa shape index (κ1) is 9.34. The van der Waals surface area contributed by atoms with Gasteiger partial charge in [-0.2, -0.15) is 0 Å². The number of hydrogen-bond donors (Lipinski definition) is 1. The molecule has 1 rings (SSSR count). The van der Waals surface area contributed by atoms with Gasteiger partial charge in [-0.25, -0.2) is 0 Å². The van der Waals surface area contributed by atoms with Crippen LogP contribution in [0.25, 0.3) is 0 Å². The second-order valence-electron chi connectivity index (χ2n) is 2.62. The van der Waals surface area contributed by atoms with Crippen LogP contribution in [0.1, 0.15) is 18.4 Å². The van der Waals surface area contributed by atoms with Gasteiger partial charge in [0.15, 0.2) is 0 Å². The summed E-state index contributed by atoms with van der Waals surface area (Å²) in [5.74, 6) is 2.51. The minimum absolute atomic E-state index is 0.592. The van der Waals surface area contributed by atoms with Gasteiger partial charge in [0, 0.05) is 12.8 Å². The molecule has 0 aliphatic heterocycles. The third-order valence-corrected chi connectivity index (χ3v) is 1.73. The van der Waals surface area contributed by atoms with Crippen LogP contribution in [-0.2, 0) is 0 Å². The summed E-state index contributed by atoms with van der Waals surface area (Å²) in [5, 5.41) is 11.9. The summed E-state index contributed by atoms with van der Waals surface area (Å²) < 4.78 is 0. The maximum absolute atomic E-state index is 8.73. The Morgan fingerprint density at radius 3 is 2.62 bits per heavy atom. The van der Waals surface area contributed by atoms with E-state index in [4.69, 9.17) is 11.6 Å². The predicted molar refractivity (Wildman–Crippen MR) is 52.8 cm³/mol. The highest BCUT2D eigenvalue weighted by Gasteiger charge is 2.01. The second kappa shape index (κ2) is 5.00. The summed E-state index contributed by atoms with van der Waals surface area (Å²) >= 11 is 0. The Morgan fingerprint density at radius 1 is 1.38 bits per heavy atom. The van der Waals surface area contributed by atoms with Crippen LogP contribution in [0.15, 0.2) is 35.5 Å². The SMILES string of the molecule is C#CCCC(=NO)c1ccccc1. The van der Waals surface area contributed by atoms with Gasteiger partial charge in [0.2, 0.25) is 0 Å². The fraction of sp³-hybridized carbons (Fsp3) is 0.182. The molecule has 0 atom stereocenters. The molecule has 0 unspecified atom stereocenters. The Hall–Kier alpha value is -1.75. The van der Waals surface area contributed by atoms with Crippen LogP contribution in [0.5, 0.6) is 0 Å². The van der Waals surface area contributed by atoms with E-state index in [2.05, 4.69) is 11.1 Å². The Kier molecular flexibility index (Phi) is 3.59. The van der Waals surface area contributed by atoms with Gasteiger partial charge in [-0.3, -0.25) is 0 Å². The topological polar surface area (TPSA) is 32.6 Å². The average Bonchev–Trinajstić information content (AvgIpc) is 2.21. The van der Waals surface area contributed by atoms with Crippen molar-refractivity contribution in [2.75, 3.05) is 0 Å². The molecular weight excluding hydrogens is 162 g/mol. The van der Waals surface area contributed by atoms with E-state index in [0.29, 0.717) is 18.6 Å². The Balaban J connectivity index is 2.76. The fourth-order valence-electron chi connectivity index (χ4n) is 1.07. The zero-order chi connectivity index (χ0) is 9.52. The van der Waals surface area contributed by atoms with Crippen LogP contribution in [0, 0.1) is 12.3 Å². The molecule has 13 heavy (non-hydrogen) atoms. The Labute approximate surface area is 77.9 Å². The van der Waals surface area contributed by atoms with Crippen molar-refractivity contribution in [2.45, 2.75) is 12.8 Å². The molecule has 1 N–H and O–H groups in total. The van der Waals surface area contributed by atoms with E-state index in [1.165, 1.54) is 0 Å². The molecule has 66 valence electrons. The Bertz CT molecular complexity index is 322. The molecule has 0 spiro atoms. The van der Waals surface area contributed by atoms with Crippen molar-refractivity contribution >= 4 is 5.71 Å².